The Morgan fingerprint density at radius 2 is 1.79 bits per heavy atom. The van der Waals surface area contributed by atoms with Crippen molar-refractivity contribution in [1.29, 1.82) is 0 Å². The number of benzene rings is 2. The fourth-order valence-corrected chi connectivity index (χ4v) is 3.53. The maximum Gasteiger partial charge on any atom is 0.126 e. The third-order valence-corrected chi connectivity index (χ3v) is 5.47. The van der Waals surface area contributed by atoms with Gasteiger partial charge in [-0.05, 0) is 71.7 Å². The van der Waals surface area contributed by atoms with Crippen molar-refractivity contribution in [2.75, 3.05) is 11.9 Å². The lowest BCUT2D eigenvalue weighted by atomic mass is 9.87. The number of nitrogens with one attached hydrogen (secondary N) is 2. The number of halogens is 1. The molecule has 152 valence electrons. The molecule has 0 saturated carbocycles. The van der Waals surface area contributed by atoms with E-state index >= 15 is 0 Å². The van der Waals surface area contributed by atoms with Crippen molar-refractivity contribution in [1.82, 2.24) is 5.32 Å². The Bertz CT molecular complexity index is 947. The van der Waals surface area contributed by atoms with Crippen LogP contribution in [-0.2, 0) is 12.8 Å². The van der Waals surface area contributed by atoms with E-state index in [4.69, 9.17) is 11.6 Å². The van der Waals surface area contributed by atoms with Crippen LogP contribution in [0.2, 0.25) is 5.02 Å². The summed E-state index contributed by atoms with van der Waals surface area (Å²) in [7, 11) is 0. The summed E-state index contributed by atoms with van der Waals surface area (Å²) in [6.45, 7) is 13.5. The third kappa shape index (κ3) is 5.98. The van der Waals surface area contributed by atoms with Gasteiger partial charge in [-0.15, -0.1) is 0 Å². The number of aryl methyl sites for hydroxylation is 3. The van der Waals surface area contributed by atoms with E-state index in [1.165, 1.54) is 22.3 Å². The van der Waals surface area contributed by atoms with Gasteiger partial charge in [0.05, 0.1) is 6.54 Å². The van der Waals surface area contributed by atoms with E-state index in [1.807, 2.05) is 6.07 Å². The van der Waals surface area contributed by atoms with Crippen molar-refractivity contribution in [3.8, 4) is 0 Å². The fraction of sp³-hybridized carbons (Fsp3) is 0.320. The largest absolute Gasteiger partial charge is 0.342 e. The average molecular weight is 408 g/mol. The summed E-state index contributed by atoms with van der Waals surface area (Å²) in [5.41, 5.74) is 6.13. The van der Waals surface area contributed by atoms with Crippen LogP contribution in [0, 0.1) is 12.3 Å². The molecule has 2 aromatic carbocycles. The van der Waals surface area contributed by atoms with Crippen LogP contribution in [0.5, 0.6) is 0 Å². The lowest BCUT2D eigenvalue weighted by Crippen LogP contribution is -2.24. The number of aliphatic imine (C=N–C) groups is 1. The number of hydrogen-bond donors (Lipinski definition) is 2. The van der Waals surface area contributed by atoms with Gasteiger partial charge in [-0.2, -0.15) is 0 Å². The molecule has 2 N–H and O–H groups in total. The molecule has 0 radical (unpaired) electrons. The predicted octanol–water partition coefficient (Wildman–Crippen LogP) is 6.29. The molecule has 29 heavy (non-hydrogen) atoms. The molecule has 2 aromatic rings. The Hall–Kier alpha value is -2.52. The molecule has 3 nitrogen and oxygen atoms in total. The topological polar surface area (TPSA) is 36.4 Å². The molecular formula is C25H30ClN3. The van der Waals surface area contributed by atoms with Gasteiger partial charge in [0.15, 0.2) is 0 Å². The predicted molar refractivity (Wildman–Crippen MR) is 126 cm³/mol. The molecule has 0 fully saturated rings. The molecule has 4 heteroatoms. The number of nitrogens with zero attached hydrogens (tertiary/aromatic N) is 1. The van der Waals surface area contributed by atoms with Gasteiger partial charge in [0.1, 0.15) is 11.7 Å². The standard InChI is InChI=1S/C25H30ClN3/c1-17-6-10-20(23(26)14-17)11-7-19-8-12-22(13-9-19)28-18(2)29-24-15-21(16-27-24)25(3,4)5/h6,8-10,12-15,28H,2,7,11,16H2,1,3-5H3,(H,27,29). The highest BCUT2D eigenvalue weighted by atomic mass is 35.5. The van der Waals surface area contributed by atoms with E-state index in [1.54, 1.807) is 0 Å². The van der Waals surface area contributed by atoms with E-state index in [9.17, 15) is 0 Å². The second kappa shape index (κ2) is 8.87. The van der Waals surface area contributed by atoms with E-state index in [0.29, 0.717) is 5.82 Å². The van der Waals surface area contributed by atoms with Gasteiger partial charge < -0.3 is 10.6 Å². The Morgan fingerprint density at radius 1 is 1.07 bits per heavy atom. The average Bonchev–Trinajstić information content (AvgIpc) is 3.11. The van der Waals surface area contributed by atoms with Crippen molar-refractivity contribution in [3.05, 3.63) is 88.2 Å². The lowest BCUT2D eigenvalue weighted by molar-refractivity contribution is 0.499. The summed E-state index contributed by atoms with van der Waals surface area (Å²) in [6, 6.07) is 14.7. The molecule has 0 aromatic heterocycles. The molecule has 0 saturated heterocycles. The Labute approximate surface area is 179 Å². The van der Waals surface area contributed by atoms with E-state index < -0.39 is 0 Å². The highest BCUT2D eigenvalue weighted by Gasteiger charge is 2.20. The van der Waals surface area contributed by atoms with Crippen LogP contribution in [-0.4, -0.2) is 12.4 Å². The van der Waals surface area contributed by atoms with Gasteiger partial charge >= 0.3 is 0 Å². The molecular weight excluding hydrogens is 378 g/mol. The Balaban J connectivity index is 1.51. The van der Waals surface area contributed by atoms with Crippen molar-refractivity contribution >= 4 is 23.1 Å². The molecule has 1 heterocycles. The zero-order valence-electron chi connectivity index (χ0n) is 17.8. The summed E-state index contributed by atoms with van der Waals surface area (Å²) >= 11 is 6.34. The van der Waals surface area contributed by atoms with Crippen LogP contribution >= 0.6 is 11.6 Å². The van der Waals surface area contributed by atoms with Crippen molar-refractivity contribution in [2.24, 2.45) is 10.4 Å². The van der Waals surface area contributed by atoms with Gasteiger partial charge in [-0.3, -0.25) is 4.99 Å². The van der Waals surface area contributed by atoms with Crippen LogP contribution < -0.4 is 10.6 Å². The Morgan fingerprint density at radius 3 is 2.41 bits per heavy atom. The molecule has 0 spiro atoms. The number of hydrogen-bond acceptors (Lipinski definition) is 3. The first kappa shape index (κ1) is 21.2. The minimum atomic E-state index is 0.139. The van der Waals surface area contributed by atoms with Crippen LogP contribution in [0.15, 0.2) is 71.5 Å². The first-order valence-corrected chi connectivity index (χ1v) is 10.4. The maximum atomic E-state index is 6.34. The maximum absolute atomic E-state index is 6.34. The molecule has 0 aliphatic carbocycles. The summed E-state index contributed by atoms with van der Waals surface area (Å²) in [6.07, 6.45) is 4.01. The van der Waals surface area contributed by atoms with Crippen molar-refractivity contribution in [2.45, 2.75) is 40.5 Å². The number of amidine groups is 1. The molecule has 0 atom stereocenters. The highest BCUT2D eigenvalue weighted by molar-refractivity contribution is 6.31. The first-order valence-electron chi connectivity index (χ1n) is 10.0. The minimum Gasteiger partial charge on any atom is -0.342 e. The summed E-state index contributed by atoms with van der Waals surface area (Å²) in [4.78, 5) is 4.55. The summed E-state index contributed by atoms with van der Waals surface area (Å²) < 4.78 is 0. The number of rotatable bonds is 6. The van der Waals surface area contributed by atoms with Crippen molar-refractivity contribution in [3.63, 3.8) is 0 Å². The fourth-order valence-electron chi connectivity index (χ4n) is 3.20. The smallest absolute Gasteiger partial charge is 0.126 e. The van der Waals surface area contributed by atoms with E-state index in [2.05, 4.69) is 92.4 Å². The second-order valence-corrected chi connectivity index (χ2v) is 9.05. The molecule has 3 rings (SSSR count). The van der Waals surface area contributed by atoms with Crippen LogP contribution in [0.1, 0.15) is 37.5 Å². The SMILES string of the molecule is C=C(NC1=NCC(C(C)(C)C)=C1)Nc1ccc(CCc2ccc(C)cc2Cl)cc1. The van der Waals surface area contributed by atoms with Gasteiger partial charge in [-0.1, -0.05) is 63.2 Å². The Kier molecular flexibility index (Phi) is 6.49. The van der Waals surface area contributed by atoms with Gasteiger partial charge in [-0.25, -0.2) is 0 Å². The van der Waals surface area contributed by atoms with E-state index in [0.717, 1.165) is 35.9 Å². The van der Waals surface area contributed by atoms with Crippen LogP contribution in [0.4, 0.5) is 5.69 Å². The quantitative estimate of drug-likeness (QED) is 0.590. The molecule has 1 aliphatic heterocycles. The normalized spacial score (nSPS) is 13.7. The zero-order valence-corrected chi connectivity index (χ0v) is 18.5. The zero-order chi connectivity index (χ0) is 21.0. The lowest BCUT2D eigenvalue weighted by Gasteiger charge is -2.18. The first-order chi connectivity index (χ1) is 13.7. The van der Waals surface area contributed by atoms with Crippen LogP contribution in [0.25, 0.3) is 0 Å². The molecule has 0 bridgehead atoms. The third-order valence-electron chi connectivity index (χ3n) is 5.11. The van der Waals surface area contributed by atoms with E-state index in [-0.39, 0.29) is 5.41 Å². The molecule has 0 unspecified atom stereocenters. The number of anilines is 1. The van der Waals surface area contributed by atoms with Crippen LogP contribution in [0.3, 0.4) is 0 Å². The molecule has 0 amide bonds. The summed E-state index contributed by atoms with van der Waals surface area (Å²) in [5.74, 6) is 1.58. The highest BCUT2D eigenvalue weighted by Crippen LogP contribution is 2.27. The molecule has 1 aliphatic rings. The van der Waals surface area contributed by atoms with Gasteiger partial charge in [0.25, 0.3) is 0 Å². The second-order valence-electron chi connectivity index (χ2n) is 8.64. The monoisotopic (exact) mass is 407 g/mol. The van der Waals surface area contributed by atoms with Gasteiger partial charge in [0.2, 0.25) is 0 Å². The van der Waals surface area contributed by atoms with Crippen molar-refractivity contribution < 1.29 is 0 Å². The minimum absolute atomic E-state index is 0.139. The van der Waals surface area contributed by atoms with Gasteiger partial charge in [0, 0.05) is 10.7 Å². The summed E-state index contributed by atoms with van der Waals surface area (Å²) in [5, 5.41) is 7.41.